The van der Waals surface area contributed by atoms with Crippen LogP contribution in [0.2, 0.25) is 0 Å². The maximum Gasteiger partial charge on any atom is 0.231 e. The zero-order valence-corrected chi connectivity index (χ0v) is 14.6. The van der Waals surface area contributed by atoms with Gasteiger partial charge in [0.2, 0.25) is 11.9 Å². The minimum atomic E-state index is 0.00333. The van der Waals surface area contributed by atoms with Crippen LogP contribution in [0.3, 0.4) is 0 Å². The van der Waals surface area contributed by atoms with Crippen molar-refractivity contribution in [3.05, 3.63) is 47.9 Å². The van der Waals surface area contributed by atoms with E-state index in [1.807, 2.05) is 12.1 Å². The normalized spacial score (nSPS) is 12.3. The predicted molar refractivity (Wildman–Crippen MR) is 93.6 cm³/mol. The number of carbonyl (C=O) groups excluding carboxylic acids is 1. The molecule has 1 aliphatic heterocycles. The number of nitrogens with one attached hydrogen (secondary N) is 1. The van der Waals surface area contributed by atoms with Crippen molar-refractivity contribution in [1.82, 2.24) is 10.2 Å². The zero-order valence-electron chi connectivity index (χ0n) is 12.9. The number of nitrogens with zero attached hydrogens (tertiary/aromatic N) is 2. The number of carbonyl (C=O) groups is 1. The molecule has 9 heteroatoms. The molecule has 0 unspecified atom stereocenters. The summed E-state index contributed by atoms with van der Waals surface area (Å²) in [6, 6.07) is 8.92. The molecule has 1 aromatic carbocycles. The second-order valence-electron chi connectivity index (χ2n) is 5.09. The number of benzene rings is 1. The number of Topliss-reactive ketones (excluding diaryl/α,β-unsaturated/α-hetero) is 1. The first-order valence-corrected chi connectivity index (χ1v) is 9.23. The third-order valence-corrected chi connectivity index (χ3v) is 5.44. The molecule has 1 aliphatic rings. The van der Waals surface area contributed by atoms with Gasteiger partial charge in [-0.15, -0.1) is 10.2 Å². The first-order valence-electron chi connectivity index (χ1n) is 7.43. The molecule has 4 rings (SSSR count). The lowest BCUT2D eigenvalue weighted by Gasteiger charge is -2.01. The van der Waals surface area contributed by atoms with Crippen LogP contribution in [0, 0.1) is 0 Å². The molecule has 0 bridgehead atoms. The monoisotopic (exact) mass is 375 g/mol. The van der Waals surface area contributed by atoms with Crippen LogP contribution in [-0.2, 0) is 6.54 Å². The van der Waals surface area contributed by atoms with E-state index in [9.17, 15) is 4.79 Å². The maximum absolute atomic E-state index is 12.3. The molecule has 0 fully saturated rings. The van der Waals surface area contributed by atoms with Crippen LogP contribution in [-0.4, -0.2) is 28.5 Å². The van der Waals surface area contributed by atoms with E-state index in [1.165, 1.54) is 23.1 Å². The van der Waals surface area contributed by atoms with Crippen LogP contribution >= 0.6 is 23.1 Å². The van der Waals surface area contributed by atoms with E-state index in [0.29, 0.717) is 28.7 Å². The number of furan rings is 1. The van der Waals surface area contributed by atoms with Crippen molar-refractivity contribution in [3.63, 3.8) is 0 Å². The van der Waals surface area contributed by atoms with Gasteiger partial charge in [0.05, 0.1) is 18.6 Å². The van der Waals surface area contributed by atoms with Crippen molar-refractivity contribution in [2.24, 2.45) is 0 Å². The summed E-state index contributed by atoms with van der Waals surface area (Å²) in [6.07, 6.45) is 1.63. The van der Waals surface area contributed by atoms with Crippen LogP contribution < -0.4 is 14.8 Å². The Morgan fingerprint density at radius 3 is 3.04 bits per heavy atom. The number of fused-ring (bicyclic) bond motifs is 1. The number of ketones is 1. The van der Waals surface area contributed by atoms with Gasteiger partial charge in [-0.2, -0.15) is 0 Å². The second kappa shape index (κ2) is 7.16. The molecule has 25 heavy (non-hydrogen) atoms. The third-order valence-electron chi connectivity index (χ3n) is 3.42. The number of thioether (sulfide) groups is 1. The quantitative estimate of drug-likeness (QED) is 0.496. The maximum atomic E-state index is 12.3. The van der Waals surface area contributed by atoms with Gasteiger partial charge in [0.15, 0.2) is 21.6 Å². The van der Waals surface area contributed by atoms with Gasteiger partial charge in [0, 0.05) is 5.56 Å². The third kappa shape index (κ3) is 3.77. The second-order valence-corrected chi connectivity index (χ2v) is 7.29. The van der Waals surface area contributed by atoms with E-state index < -0.39 is 0 Å². The fourth-order valence-electron chi connectivity index (χ4n) is 2.20. The minimum absolute atomic E-state index is 0.00333. The topological polar surface area (TPSA) is 86.5 Å². The highest BCUT2D eigenvalue weighted by Gasteiger charge is 2.17. The van der Waals surface area contributed by atoms with Crippen molar-refractivity contribution in [1.29, 1.82) is 0 Å². The number of rotatable bonds is 7. The van der Waals surface area contributed by atoms with Gasteiger partial charge >= 0.3 is 0 Å². The smallest absolute Gasteiger partial charge is 0.231 e. The molecular weight excluding hydrogens is 362 g/mol. The first-order chi connectivity index (χ1) is 12.3. The summed E-state index contributed by atoms with van der Waals surface area (Å²) < 4.78 is 16.5. The predicted octanol–water partition coefficient (Wildman–Crippen LogP) is 3.45. The molecule has 0 aliphatic carbocycles. The average molecular weight is 375 g/mol. The standard InChI is InChI=1S/C16H13N3O4S2/c20-12(10-3-4-13-14(6-10)23-9-22-13)8-24-16-19-18-15(25-16)17-7-11-2-1-5-21-11/h1-6H,7-9H2,(H,17,18). The summed E-state index contributed by atoms with van der Waals surface area (Å²) in [6.45, 7) is 0.739. The molecule has 0 saturated carbocycles. The molecule has 0 amide bonds. The summed E-state index contributed by atoms with van der Waals surface area (Å²) in [5.74, 6) is 2.38. The molecule has 0 radical (unpaired) electrons. The number of anilines is 1. The average Bonchev–Trinajstić information content (AvgIpc) is 3.38. The number of hydrogen-bond donors (Lipinski definition) is 1. The lowest BCUT2D eigenvalue weighted by molar-refractivity contribution is 0.102. The molecule has 1 N–H and O–H groups in total. The highest BCUT2D eigenvalue weighted by atomic mass is 32.2. The van der Waals surface area contributed by atoms with E-state index in [1.54, 1.807) is 24.5 Å². The molecule has 0 saturated heterocycles. The van der Waals surface area contributed by atoms with Gasteiger partial charge in [0.25, 0.3) is 0 Å². The number of ether oxygens (including phenoxy) is 2. The van der Waals surface area contributed by atoms with Gasteiger partial charge in [-0.3, -0.25) is 4.79 Å². The largest absolute Gasteiger partial charge is 0.467 e. The van der Waals surface area contributed by atoms with Gasteiger partial charge in [-0.25, -0.2) is 0 Å². The summed E-state index contributed by atoms with van der Waals surface area (Å²) >= 11 is 2.76. The lowest BCUT2D eigenvalue weighted by Crippen LogP contribution is -2.02. The van der Waals surface area contributed by atoms with Crippen LogP contribution in [0.15, 0.2) is 45.4 Å². The summed E-state index contributed by atoms with van der Waals surface area (Å²) in [5.41, 5.74) is 0.595. The Morgan fingerprint density at radius 1 is 1.24 bits per heavy atom. The van der Waals surface area contributed by atoms with E-state index in [2.05, 4.69) is 15.5 Å². The Labute approximate surface area is 151 Å². The van der Waals surface area contributed by atoms with E-state index in [0.717, 1.165) is 10.1 Å². The van der Waals surface area contributed by atoms with E-state index in [-0.39, 0.29) is 18.3 Å². The Kier molecular flexibility index (Phi) is 4.57. The fraction of sp³-hybridized carbons (Fsp3) is 0.188. The van der Waals surface area contributed by atoms with Crippen LogP contribution in [0.4, 0.5) is 5.13 Å². The zero-order chi connectivity index (χ0) is 17.1. The number of aromatic nitrogens is 2. The Bertz CT molecular complexity index is 879. The minimum Gasteiger partial charge on any atom is -0.467 e. The highest BCUT2D eigenvalue weighted by molar-refractivity contribution is 8.01. The first kappa shape index (κ1) is 16.0. The van der Waals surface area contributed by atoms with Crippen LogP contribution in [0.1, 0.15) is 16.1 Å². The van der Waals surface area contributed by atoms with Crippen molar-refractivity contribution in [3.8, 4) is 11.5 Å². The summed E-state index contributed by atoms with van der Waals surface area (Å²) in [7, 11) is 0. The van der Waals surface area contributed by atoms with Crippen molar-refractivity contribution in [2.75, 3.05) is 17.9 Å². The Morgan fingerprint density at radius 2 is 2.16 bits per heavy atom. The van der Waals surface area contributed by atoms with Crippen molar-refractivity contribution >= 4 is 34.0 Å². The lowest BCUT2D eigenvalue weighted by atomic mass is 10.1. The van der Waals surface area contributed by atoms with Crippen molar-refractivity contribution in [2.45, 2.75) is 10.9 Å². The van der Waals surface area contributed by atoms with Gasteiger partial charge in [-0.1, -0.05) is 23.1 Å². The van der Waals surface area contributed by atoms with Crippen molar-refractivity contribution < 1.29 is 18.7 Å². The SMILES string of the molecule is O=C(CSc1nnc(NCc2ccco2)s1)c1ccc2c(c1)OCO2. The van der Waals surface area contributed by atoms with Crippen LogP contribution in [0.25, 0.3) is 0 Å². The Balaban J connectivity index is 1.31. The number of hydrogen-bond acceptors (Lipinski definition) is 9. The fourth-order valence-corrected chi connectivity index (χ4v) is 3.84. The molecule has 3 heterocycles. The molecule has 3 aromatic rings. The molecule has 0 spiro atoms. The summed E-state index contributed by atoms with van der Waals surface area (Å²) in [5, 5.41) is 12.0. The van der Waals surface area contributed by atoms with Gasteiger partial charge in [-0.05, 0) is 30.3 Å². The molecule has 7 nitrogen and oxygen atoms in total. The van der Waals surface area contributed by atoms with E-state index >= 15 is 0 Å². The molecule has 0 atom stereocenters. The van der Waals surface area contributed by atoms with Gasteiger partial charge < -0.3 is 19.2 Å². The van der Waals surface area contributed by atoms with Crippen LogP contribution in [0.5, 0.6) is 11.5 Å². The summed E-state index contributed by atoms with van der Waals surface area (Å²) in [4.78, 5) is 12.3. The molecule has 128 valence electrons. The molecule has 2 aromatic heterocycles. The Hall–Kier alpha value is -2.52. The van der Waals surface area contributed by atoms with Gasteiger partial charge in [0.1, 0.15) is 5.76 Å². The molecular formula is C16H13N3O4S2. The van der Waals surface area contributed by atoms with E-state index in [4.69, 9.17) is 13.9 Å². The highest BCUT2D eigenvalue weighted by Crippen LogP contribution is 2.33.